The molecule has 0 spiro atoms. The van der Waals surface area contributed by atoms with Gasteiger partial charge in [-0.25, -0.2) is 0 Å². The zero-order valence-electron chi connectivity index (χ0n) is 14.1. The zero-order valence-corrected chi connectivity index (χ0v) is 14.1. The highest BCUT2D eigenvalue weighted by atomic mass is 16.5. The average molecular weight is 325 g/mol. The lowest BCUT2D eigenvalue weighted by molar-refractivity contribution is -0.148. The number of carboxylic acid groups (broad SMARTS) is 1. The summed E-state index contributed by atoms with van der Waals surface area (Å²) in [6.07, 6.45) is 4.28. The Morgan fingerprint density at radius 1 is 1.30 bits per heavy atom. The van der Waals surface area contributed by atoms with Crippen LogP contribution in [0.2, 0.25) is 0 Å². The van der Waals surface area contributed by atoms with Crippen molar-refractivity contribution in [1.29, 1.82) is 0 Å². The number of esters is 1. The lowest BCUT2D eigenvalue weighted by Crippen LogP contribution is -2.37. The second kappa shape index (κ2) is 11.5. The van der Waals surface area contributed by atoms with Gasteiger partial charge in [0.05, 0.1) is 18.9 Å². The number of amides is 1. The maximum absolute atomic E-state index is 11.8. The van der Waals surface area contributed by atoms with Crippen LogP contribution in [0.25, 0.3) is 0 Å². The van der Waals surface area contributed by atoms with Crippen molar-refractivity contribution in [3.8, 4) is 0 Å². The van der Waals surface area contributed by atoms with Crippen molar-refractivity contribution in [1.82, 2.24) is 5.32 Å². The molecule has 0 aliphatic heterocycles. The summed E-state index contributed by atoms with van der Waals surface area (Å²) in [4.78, 5) is 34.1. The van der Waals surface area contributed by atoms with Gasteiger partial charge in [0.2, 0.25) is 5.91 Å². The predicted molar refractivity (Wildman–Crippen MR) is 87.8 cm³/mol. The maximum atomic E-state index is 11.8. The third-order valence-electron chi connectivity index (χ3n) is 3.17. The Bertz CT molecular complexity index is 456. The Hall–Kier alpha value is -2.11. The number of carbonyl (C=O) groups is 3. The largest absolute Gasteiger partial charge is 0.481 e. The summed E-state index contributed by atoms with van der Waals surface area (Å²) in [5, 5.41) is 11.4. The first-order chi connectivity index (χ1) is 10.8. The Balaban J connectivity index is 4.73. The normalized spacial score (nSPS) is 13.3. The first-order valence-corrected chi connectivity index (χ1v) is 7.78. The average Bonchev–Trinajstić information content (AvgIpc) is 2.45. The molecule has 0 aliphatic rings. The van der Waals surface area contributed by atoms with Crippen LogP contribution in [-0.4, -0.2) is 35.6 Å². The minimum absolute atomic E-state index is 0.0876. The van der Waals surface area contributed by atoms with Gasteiger partial charge < -0.3 is 15.2 Å². The van der Waals surface area contributed by atoms with E-state index in [4.69, 9.17) is 9.84 Å². The number of carboxylic acids is 1. The SMILES string of the molecule is C=C(/C=C\C)CC(C[C@@H](C)C(=O)OCC)NC(=O)CCC(=O)O. The molecule has 0 aliphatic carbocycles. The Labute approximate surface area is 137 Å². The molecular formula is C17H27NO5. The summed E-state index contributed by atoms with van der Waals surface area (Å²) in [5.41, 5.74) is 0.826. The standard InChI is InChI=1S/C17H27NO5/c1-5-7-12(3)10-14(11-13(4)17(22)23-6-2)18-15(19)8-9-16(20)21/h5,7,13-14H,3,6,8-11H2,1-2,4H3,(H,18,19)(H,20,21)/b7-5-/t13-,14?/m1/s1. The van der Waals surface area contributed by atoms with E-state index in [0.717, 1.165) is 5.57 Å². The fourth-order valence-corrected chi connectivity index (χ4v) is 2.14. The van der Waals surface area contributed by atoms with Crippen LogP contribution in [-0.2, 0) is 19.1 Å². The van der Waals surface area contributed by atoms with Gasteiger partial charge in [-0.2, -0.15) is 0 Å². The van der Waals surface area contributed by atoms with Gasteiger partial charge in [0.1, 0.15) is 0 Å². The number of allylic oxidation sites excluding steroid dienone is 2. The predicted octanol–water partition coefficient (Wildman–Crippen LogP) is 2.45. The molecule has 0 aromatic carbocycles. The van der Waals surface area contributed by atoms with Gasteiger partial charge in [-0.15, -0.1) is 0 Å². The summed E-state index contributed by atoms with van der Waals surface area (Å²) >= 11 is 0. The molecule has 0 saturated heterocycles. The summed E-state index contributed by atoms with van der Waals surface area (Å²) < 4.78 is 4.98. The molecule has 0 radical (unpaired) electrons. The minimum atomic E-state index is -1.02. The number of ether oxygens (including phenoxy) is 1. The highest BCUT2D eigenvalue weighted by Gasteiger charge is 2.22. The lowest BCUT2D eigenvalue weighted by atomic mass is 9.96. The lowest BCUT2D eigenvalue weighted by Gasteiger charge is -2.22. The van der Waals surface area contributed by atoms with Crippen LogP contribution < -0.4 is 5.32 Å². The molecule has 23 heavy (non-hydrogen) atoms. The number of carbonyl (C=O) groups excluding carboxylic acids is 2. The molecule has 6 heteroatoms. The number of hydrogen-bond acceptors (Lipinski definition) is 4. The summed E-state index contributed by atoms with van der Waals surface area (Å²) in [7, 11) is 0. The number of hydrogen-bond donors (Lipinski definition) is 2. The van der Waals surface area contributed by atoms with Crippen molar-refractivity contribution >= 4 is 17.8 Å². The fourth-order valence-electron chi connectivity index (χ4n) is 2.14. The van der Waals surface area contributed by atoms with Gasteiger partial charge in [0, 0.05) is 12.5 Å². The van der Waals surface area contributed by atoms with Crippen LogP contribution in [0.3, 0.4) is 0 Å². The van der Waals surface area contributed by atoms with Gasteiger partial charge in [0.15, 0.2) is 0 Å². The first-order valence-electron chi connectivity index (χ1n) is 7.78. The van der Waals surface area contributed by atoms with Crippen LogP contribution in [0.4, 0.5) is 0 Å². The maximum Gasteiger partial charge on any atom is 0.308 e. The molecule has 0 rings (SSSR count). The van der Waals surface area contributed by atoms with Crippen LogP contribution in [0.5, 0.6) is 0 Å². The highest BCUT2D eigenvalue weighted by molar-refractivity contribution is 5.81. The fraction of sp³-hybridized carbons (Fsp3) is 0.588. The molecule has 0 saturated carbocycles. The molecule has 2 atom stereocenters. The third-order valence-corrected chi connectivity index (χ3v) is 3.17. The summed E-state index contributed by atoms with van der Waals surface area (Å²) in [5.74, 6) is -2.04. The van der Waals surface area contributed by atoms with E-state index in [1.807, 2.05) is 19.1 Å². The van der Waals surface area contributed by atoms with Crippen LogP contribution in [0.15, 0.2) is 24.3 Å². The van der Waals surface area contributed by atoms with E-state index in [2.05, 4.69) is 11.9 Å². The number of rotatable bonds is 11. The molecular weight excluding hydrogens is 298 g/mol. The second-order valence-electron chi connectivity index (χ2n) is 5.41. The molecule has 1 amide bonds. The van der Waals surface area contributed by atoms with E-state index >= 15 is 0 Å². The Kier molecular flexibility index (Phi) is 10.4. The molecule has 0 aromatic heterocycles. The molecule has 0 fully saturated rings. The molecule has 2 N–H and O–H groups in total. The topological polar surface area (TPSA) is 92.7 Å². The van der Waals surface area contributed by atoms with E-state index in [-0.39, 0.29) is 36.7 Å². The zero-order chi connectivity index (χ0) is 17.8. The third kappa shape index (κ3) is 10.3. The van der Waals surface area contributed by atoms with Crippen molar-refractivity contribution in [3.05, 3.63) is 24.3 Å². The quantitative estimate of drug-likeness (QED) is 0.449. The van der Waals surface area contributed by atoms with Crippen molar-refractivity contribution < 1.29 is 24.2 Å². The van der Waals surface area contributed by atoms with Crippen LogP contribution in [0.1, 0.15) is 46.5 Å². The van der Waals surface area contributed by atoms with E-state index in [9.17, 15) is 14.4 Å². The van der Waals surface area contributed by atoms with Gasteiger partial charge in [-0.3, -0.25) is 14.4 Å². The van der Waals surface area contributed by atoms with Crippen LogP contribution in [0, 0.1) is 5.92 Å². The van der Waals surface area contributed by atoms with Crippen molar-refractivity contribution in [2.24, 2.45) is 5.92 Å². The van der Waals surface area contributed by atoms with Gasteiger partial charge >= 0.3 is 11.9 Å². The van der Waals surface area contributed by atoms with E-state index in [0.29, 0.717) is 19.4 Å². The van der Waals surface area contributed by atoms with Crippen molar-refractivity contribution in [2.45, 2.75) is 52.5 Å². The Morgan fingerprint density at radius 2 is 1.96 bits per heavy atom. The molecule has 6 nitrogen and oxygen atoms in total. The monoisotopic (exact) mass is 325 g/mol. The van der Waals surface area contributed by atoms with Gasteiger partial charge in [-0.05, 0) is 26.7 Å². The number of aliphatic carboxylic acids is 1. The first kappa shape index (κ1) is 20.9. The van der Waals surface area contributed by atoms with E-state index in [1.165, 1.54) is 0 Å². The molecule has 0 heterocycles. The molecule has 0 aromatic rings. The second-order valence-corrected chi connectivity index (χ2v) is 5.41. The van der Waals surface area contributed by atoms with Crippen LogP contribution >= 0.6 is 0 Å². The van der Waals surface area contributed by atoms with Crippen molar-refractivity contribution in [3.63, 3.8) is 0 Å². The molecule has 130 valence electrons. The molecule has 0 bridgehead atoms. The smallest absolute Gasteiger partial charge is 0.308 e. The van der Waals surface area contributed by atoms with Crippen molar-refractivity contribution in [2.75, 3.05) is 6.61 Å². The van der Waals surface area contributed by atoms with Gasteiger partial charge in [-0.1, -0.05) is 31.2 Å². The summed E-state index contributed by atoms with van der Waals surface area (Å²) in [6, 6.07) is -0.292. The number of nitrogens with one attached hydrogen (secondary N) is 1. The van der Waals surface area contributed by atoms with E-state index in [1.54, 1.807) is 13.8 Å². The Morgan fingerprint density at radius 3 is 2.48 bits per heavy atom. The minimum Gasteiger partial charge on any atom is -0.481 e. The van der Waals surface area contributed by atoms with Gasteiger partial charge in [0.25, 0.3) is 0 Å². The summed E-state index contributed by atoms with van der Waals surface area (Å²) in [6.45, 7) is 9.57. The highest BCUT2D eigenvalue weighted by Crippen LogP contribution is 2.15. The van der Waals surface area contributed by atoms with E-state index < -0.39 is 5.97 Å². The molecule has 1 unspecified atom stereocenters.